The van der Waals surface area contributed by atoms with Crippen LogP contribution in [0.3, 0.4) is 0 Å². The topological polar surface area (TPSA) is 24.3 Å². The van der Waals surface area contributed by atoms with Crippen LogP contribution in [0.25, 0.3) is 0 Å². The first-order valence-corrected chi connectivity index (χ1v) is 7.96. The quantitative estimate of drug-likeness (QED) is 0.825. The van der Waals surface area contributed by atoms with E-state index in [1.807, 2.05) is 0 Å². The molecule has 0 unspecified atom stereocenters. The van der Waals surface area contributed by atoms with Crippen LogP contribution in [-0.2, 0) is 13.6 Å². The number of likely N-dealkylation sites (N-methyl/N-ethyl adjacent to an activating group) is 1. The summed E-state index contributed by atoms with van der Waals surface area (Å²) in [5.41, 5.74) is 2.47. The van der Waals surface area contributed by atoms with Crippen molar-refractivity contribution in [2.75, 3.05) is 26.7 Å². The van der Waals surface area contributed by atoms with E-state index in [-0.39, 0.29) is 0 Å². The SMILES string of the molecule is Cc1nc(CN2C[C@H]3CCC[C@@H](C2)N(C)C3)n(C)c1C. The molecule has 0 aromatic carbocycles. The van der Waals surface area contributed by atoms with Crippen molar-refractivity contribution in [2.45, 2.75) is 45.7 Å². The minimum absolute atomic E-state index is 0.741. The van der Waals surface area contributed by atoms with Crippen molar-refractivity contribution in [3.8, 4) is 0 Å². The Labute approximate surface area is 122 Å². The lowest BCUT2D eigenvalue weighted by Gasteiger charge is -2.29. The molecule has 3 rings (SSSR count). The van der Waals surface area contributed by atoms with E-state index in [1.165, 1.54) is 56.1 Å². The van der Waals surface area contributed by atoms with Crippen LogP contribution in [0.1, 0.15) is 36.5 Å². The molecule has 0 radical (unpaired) electrons. The Morgan fingerprint density at radius 2 is 1.90 bits per heavy atom. The number of nitrogens with zero attached hydrogens (tertiary/aromatic N) is 4. The monoisotopic (exact) mass is 276 g/mol. The first-order chi connectivity index (χ1) is 9.54. The minimum atomic E-state index is 0.741. The fourth-order valence-electron chi connectivity index (χ4n) is 3.88. The van der Waals surface area contributed by atoms with Gasteiger partial charge < -0.3 is 9.47 Å². The van der Waals surface area contributed by atoms with Crippen molar-refractivity contribution in [2.24, 2.45) is 13.0 Å². The van der Waals surface area contributed by atoms with Crippen molar-refractivity contribution in [3.63, 3.8) is 0 Å². The molecule has 112 valence electrons. The van der Waals surface area contributed by atoms with E-state index in [0.29, 0.717) is 0 Å². The fraction of sp³-hybridized carbons (Fsp3) is 0.812. The molecule has 0 saturated carbocycles. The average Bonchev–Trinajstić information content (AvgIpc) is 2.57. The molecule has 2 aliphatic heterocycles. The van der Waals surface area contributed by atoms with Crippen molar-refractivity contribution in [1.82, 2.24) is 19.4 Å². The van der Waals surface area contributed by atoms with Gasteiger partial charge in [-0.15, -0.1) is 0 Å². The van der Waals surface area contributed by atoms with Gasteiger partial charge in [0.25, 0.3) is 0 Å². The Morgan fingerprint density at radius 3 is 2.60 bits per heavy atom. The summed E-state index contributed by atoms with van der Waals surface area (Å²) in [6.07, 6.45) is 4.17. The lowest BCUT2D eigenvalue weighted by atomic mass is 10.00. The number of hydrogen-bond donors (Lipinski definition) is 0. The largest absolute Gasteiger partial charge is 0.334 e. The number of aryl methyl sites for hydroxylation is 1. The molecule has 0 spiro atoms. The molecule has 2 saturated heterocycles. The number of aromatic nitrogens is 2. The first-order valence-electron chi connectivity index (χ1n) is 7.96. The standard InChI is InChI=1S/C16H28N4/c1-12-13(2)19(4)16(17-12)11-20-9-14-6-5-7-15(10-20)18(3)8-14/h14-15H,5-11H2,1-4H3/t14-,15-/m0/s1. The first kappa shape index (κ1) is 14.1. The van der Waals surface area contributed by atoms with Gasteiger partial charge in [0.2, 0.25) is 0 Å². The minimum Gasteiger partial charge on any atom is -0.334 e. The van der Waals surface area contributed by atoms with Crippen LogP contribution >= 0.6 is 0 Å². The Morgan fingerprint density at radius 1 is 1.10 bits per heavy atom. The van der Waals surface area contributed by atoms with E-state index in [4.69, 9.17) is 4.98 Å². The van der Waals surface area contributed by atoms with Crippen LogP contribution in [0.5, 0.6) is 0 Å². The highest BCUT2D eigenvalue weighted by molar-refractivity contribution is 5.13. The molecule has 2 bridgehead atoms. The lowest BCUT2D eigenvalue weighted by molar-refractivity contribution is 0.183. The van der Waals surface area contributed by atoms with E-state index in [9.17, 15) is 0 Å². The highest BCUT2D eigenvalue weighted by atomic mass is 15.3. The third-order valence-electron chi connectivity index (χ3n) is 5.38. The second kappa shape index (κ2) is 5.49. The van der Waals surface area contributed by atoms with E-state index in [1.54, 1.807) is 0 Å². The normalized spacial score (nSPS) is 28.6. The Balaban J connectivity index is 1.76. The fourth-order valence-corrected chi connectivity index (χ4v) is 3.88. The number of rotatable bonds is 2. The number of fused-ring (bicyclic) bond motifs is 3. The Kier molecular flexibility index (Phi) is 3.87. The van der Waals surface area contributed by atoms with Gasteiger partial charge in [0.15, 0.2) is 0 Å². The van der Waals surface area contributed by atoms with Gasteiger partial charge in [-0.25, -0.2) is 4.98 Å². The maximum absolute atomic E-state index is 4.76. The van der Waals surface area contributed by atoms with E-state index in [2.05, 4.69) is 42.3 Å². The third-order valence-corrected chi connectivity index (χ3v) is 5.38. The van der Waals surface area contributed by atoms with Crippen molar-refractivity contribution in [1.29, 1.82) is 0 Å². The third kappa shape index (κ3) is 2.63. The summed E-state index contributed by atoms with van der Waals surface area (Å²) in [6.45, 7) is 9.01. The van der Waals surface area contributed by atoms with Crippen LogP contribution < -0.4 is 0 Å². The summed E-state index contributed by atoms with van der Waals surface area (Å²) in [6, 6.07) is 0.741. The molecule has 3 heterocycles. The number of hydrogen-bond acceptors (Lipinski definition) is 3. The van der Waals surface area contributed by atoms with Gasteiger partial charge in [-0.05, 0) is 39.7 Å². The molecule has 0 aliphatic carbocycles. The molecule has 20 heavy (non-hydrogen) atoms. The molecule has 2 aliphatic rings. The van der Waals surface area contributed by atoms with Crippen LogP contribution in [0.4, 0.5) is 0 Å². The molecule has 0 N–H and O–H groups in total. The van der Waals surface area contributed by atoms with Crippen LogP contribution in [-0.4, -0.2) is 52.1 Å². The van der Waals surface area contributed by atoms with Gasteiger partial charge in [-0.3, -0.25) is 4.90 Å². The highest BCUT2D eigenvalue weighted by Gasteiger charge is 2.31. The van der Waals surface area contributed by atoms with Gasteiger partial charge in [0.05, 0.1) is 12.2 Å². The predicted molar refractivity (Wildman–Crippen MR) is 81.7 cm³/mol. The predicted octanol–water partition coefficient (Wildman–Crippen LogP) is 1.95. The molecule has 2 atom stereocenters. The summed E-state index contributed by atoms with van der Waals surface area (Å²) in [4.78, 5) is 9.98. The molecular formula is C16H28N4. The molecule has 2 fully saturated rings. The lowest BCUT2D eigenvalue weighted by Crippen LogP contribution is -2.39. The maximum atomic E-state index is 4.76. The van der Waals surface area contributed by atoms with E-state index >= 15 is 0 Å². The summed E-state index contributed by atoms with van der Waals surface area (Å²) in [7, 11) is 4.46. The van der Waals surface area contributed by atoms with E-state index in [0.717, 1.165) is 18.5 Å². The summed E-state index contributed by atoms with van der Waals surface area (Å²) < 4.78 is 2.26. The van der Waals surface area contributed by atoms with Gasteiger partial charge in [-0.2, -0.15) is 0 Å². The molecule has 4 nitrogen and oxygen atoms in total. The number of likely N-dealkylation sites (tertiary alicyclic amines) is 1. The van der Waals surface area contributed by atoms with Crippen molar-refractivity contribution >= 4 is 0 Å². The van der Waals surface area contributed by atoms with Crippen LogP contribution in [0.15, 0.2) is 0 Å². The van der Waals surface area contributed by atoms with Gasteiger partial charge in [0.1, 0.15) is 5.82 Å². The molecular weight excluding hydrogens is 248 g/mol. The van der Waals surface area contributed by atoms with Crippen molar-refractivity contribution < 1.29 is 0 Å². The Bertz CT molecular complexity index is 479. The maximum Gasteiger partial charge on any atom is 0.123 e. The van der Waals surface area contributed by atoms with E-state index < -0.39 is 0 Å². The van der Waals surface area contributed by atoms with Gasteiger partial charge in [0, 0.05) is 38.4 Å². The average molecular weight is 276 g/mol. The Hall–Kier alpha value is -0.870. The zero-order valence-electron chi connectivity index (χ0n) is 13.4. The zero-order chi connectivity index (χ0) is 14.3. The molecule has 1 aromatic rings. The molecule has 0 amide bonds. The molecule has 4 heteroatoms. The summed E-state index contributed by atoms with van der Waals surface area (Å²) in [5.74, 6) is 2.07. The van der Waals surface area contributed by atoms with Crippen molar-refractivity contribution in [3.05, 3.63) is 17.2 Å². The van der Waals surface area contributed by atoms with Crippen LogP contribution in [0.2, 0.25) is 0 Å². The summed E-state index contributed by atoms with van der Waals surface area (Å²) >= 11 is 0. The summed E-state index contributed by atoms with van der Waals surface area (Å²) in [5, 5.41) is 0. The number of imidazole rings is 1. The molecule has 1 aromatic heterocycles. The van der Waals surface area contributed by atoms with Crippen LogP contribution in [0, 0.1) is 19.8 Å². The second-order valence-electron chi connectivity index (χ2n) is 6.84. The smallest absolute Gasteiger partial charge is 0.123 e. The highest BCUT2D eigenvalue weighted by Crippen LogP contribution is 2.26. The second-order valence-corrected chi connectivity index (χ2v) is 6.84. The van der Waals surface area contributed by atoms with Gasteiger partial charge in [-0.1, -0.05) is 6.42 Å². The van der Waals surface area contributed by atoms with Gasteiger partial charge >= 0.3 is 0 Å². The zero-order valence-corrected chi connectivity index (χ0v) is 13.4.